The van der Waals surface area contributed by atoms with Gasteiger partial charge in [0.15, 0.2) is 0 Å². The van der Waals surface area contributed by atoms with Gasteiger partial charge >= 0.3 is 5.97 Å². The highest BCUT2D eigenvalue weighted by Gasteiger charge is 2.23. The van der Waals surface area contributed by atoms with Crippen LogP contribution in [0, 0.1) is 5.92 Å². The zero-order chi connectivity index (χ0) is 14.3. The van der Waals surface area contributed by atoms with Crippen molar-refractivity contribution in [3.8, 4) is 0 Å². The van der Waals surface area contributed by atoms with E-state index >= 15 is 0 Å². The fraction of sp³-hybridized carbons (Fsp3) is 0.846. The normalized spacial score (nSPS) is 16.2. The first kappa shape index (κ1) is 15.9. The third kappa shape index (κ3) is 7.12. The van der Waals surface area contributed by atoms with Crippen molar-refractivity contribution >= 4 is 11.9 Å². The molecule has 0 aromatic heterocycles. The van der Waals surface area contributed by atoms with E-state index in [0.29, 0.717) is 13.2 Å². The second kappa shape index (κ2) is 8.12. The molecule has 110 valence electrons. The molecule has 1 N–H and O–H groups in total. The van der Waals surface area contributed by atoms with Gasteiger partial charge in [-0.25, -0.2) is 4.79 Å². The lowest BCUT2D eigenvalue weighted by Gasteiger charge is -2.22. The number of carbonyl (C=O) groups is 2. The Morgan fingerprint density at radius 1 is 1.42 bits per heavy atom. The third-order valence-electron chi connectivity index (χ3n) is 3.03. The molecule has 6 heteroatoms. The van der Waals surface area contributed by atoms with Crippen LogP contribution >= 0.6 is 0 Å². The summed E-state index contributed by atoms with van der Waals surface area (Å²) in [4.78, 5) is 24.5. The molecule has 0 aliphatic heterocycles. The van der Waals surface area contributed by atoms with Crippen LogP contribution < -0.4 is 5.32 Å². The average Bonchev–Trinajstić information content (AvgIpc) is 3.16. The molecule has 0 radical (unpaired) electrons. The molecule has 1 fully saturated rings. The van der Waals surface area contributed by atoms with E-state index in [0.717, 1.165) is 19.1 Å². The van der Waals surface area contributed by atoms with Crippen molar-refractivity contribution in [2.24, 2.45) is 5.92 Å². The Bertz CT molecular complexity index is 305. The lowest BCUT2D eigenvalue weighted by atomic mass is 10.2. The van der Waals surface area contributed by atoms with Crippen molar-refractivity contribution in [3.05, 3.63) is 0 Å². The van der Waals surface area contributed by atoms with E-state index in [9.17, 15) is 9.59 Å². The topological polar surface area (TPSA) is 67.9 Å². The Kier molecular flexibility index (Phi) is 6.80. The Hall–Kier alpha value is -1.14. The summed E-state index contributed by atoms with van der Waals surface area (Å²) in [5.74, 6) is 0.0854. The second-order valence-electron chi connectivity index (χ2n) is 5.06. The van der Waals surface area contributed by atoms with E-state index in [2.05, 4.69) is 10.1 Å². The summed E-state index contributed by atoms with van der Waals surface area (Å²) in [6.07, 6.45) is 2.56. The van der Waals surface area contributed by atoms with Crippen molar-refractivity contribution in [1.82, 2.24) is 10.2 Å². The lowest BCUT2D eigenvalue weighted by Crippen LogP contribution is -2.48. The summed E-state index contributed by atoms with van der Waals surface area (Å²) in [5, 5.41) is 2.58. The van der Waals surface area contributed by atoms with Gasteiger partial charge in [-0.1, -0.05) is 0 Å². The Morgan fingerprint density at radius 3 is 2.63 bits per heavy atom. The molecule has 19 heavy (non-hydrogen) atoms. The molecule has 0 spiro atoms. The van der Waals surface area contributed by atoms with E-state index in [4.69, 9.17) is 4.74 Å². The highest BCUT2D eigenvalue weighted by atomic mass is 16.5. The molecule has 1 aliphatic rings. The predicted molar refractivity (Wildman–Crippen MR) is 70.7 cm³/mol. The van der Waals surface area contributed by atoms with Crippen LogP contribution in [0.3, 0.4) is 0 Å². The quantitative estimate of drug-likeness (QED) is 0.473. The first-order valence-corrected chi connectivity index (χ1v) is 6.64. The molecule has 1 rings (SSSR count). The number of hydrogen-bond acceptors (Lipinski definition) is 5. The molecule has 1 aliphatic carbocycles. The second-order valence-corrected chi connectivity index (χ2v) is 5.06. The number of hydrogen-bond donors (Lipinski definition) is 1. The zero-order valence-corrected chi connectivity index (χ0v) is 12.0. The summed E-state index contributed by atoms with van der Waals surface area (Å²) < 4.78 is 10.2. The number of esters is 1. The van der Waals surface area contributed by atoms with Crippen molar-refractivity contribution in [1.29, 1.82) is 0 Å². The van der Waals surface area contributed by atoms with Gasteiger partial charge in [0.25, 0.3) is 0 Å². The maximum atomic E-state index is 11.5. The van der Waals surface area contributed by atoms with Crippen LogP contribution in [-0.4, -0.2) is 63.3 Å². The first-order chi connectivity index (χ1) is 9.02. The van der Waals surface area contributed by atoms with Gasteiger partial charge in [-0.15, -0.1) is 0 Å². The number of carbonyl (C=O) groups excluding carboxylic acids is 2. The number of likely N-dealkylation sites (N-methyl/N-ethyl adjacent to an activating group) is 1. The summed E-state index contributed by atoms with van der Waals surface area (Å²) >= 11 is 0. The maximum absolute atomic E-state index is 11.5. The highest BCUT2D eigenvalue weighted by Crippen LogP contribution is 2.28. The fourth-order valence-corrected chi connectivity index (χ4v) is 1.72. The number of nitrogens with zero attached hydrogens (tertiary/aromatic N) is 1. The van der Waals surface area contributed by atoms with Gasteiger partial charge in [0.1, 0.15) is 6.04 Å². The van der Waals surface area contributed by atoms with E-state index < -0.39 is 12.0 Å². The van der Waals surface area contributed by atoms with Crippen molar-refractivity contribution in [2.45, 2.75) is 25.8 Å². The molecular weight excluding hydrogens is 248 g/mol. The standard InChI is InChI=1S/C13H24N2O4/c1-10(16)14-12(13(17)18-3)8-15(2)6-7-19-9-11-4-5-11/h11-12H,4-9H2,1-3H3,(H,14,16). The molecule has 0 aromatic rings. The largest absolute Gasteiger partial charge is 0.467 e. The molecule has 0 heterocycles. The van der Waals surface area contributed by atoms with Crippen LogP contribution in [0.4, 0.5) is 0 Å². The molecule has 0 saturated heterocycles. The van der Waals surface area contributed by atoms with Crippen molar-refractivity contribution in [2.75, 3.05) is 40.5 Å². The monoisotopic (exact) mass is 272 g/mol. The predicted octanol–water partition coefficient (Wildman–Crippen LogP) is 0.0225. The van der Waals surface area contributed by atoms with Crippen LogP contribution in [0.1, 0.15) is 19.8 Å². The Morgan fingerprint density at radius 2 is 2.11 bits per heavy atom. The van der Waals surface area contributed by atoms with Gasteiger partial charge in [0.05, 0.1) is 13.7 Å². The maximum Gasteiger partial charge on any atom is 0.329 e. The van der Waals surface area contributed by atoms with Crippen LogP contribution in [-0.2, 0) is 19.1 Å². The van der Waals surface area contributed by atoms with Crippen molar-refractivity contribution in [3.63, 3.8) is 0 Å². The molecule has 0 aromatic carbocycles. The van der Waals surface area contributed by atoms with Gasteiger partial charge < -0.3 is 19.7 Å². The summed E-state index contributed by atoms with van der Waals surface area (Å²) in [6.45, 7) is 3.99. The highest BCUT2D eigenvalue weighted by molar-refractivity contribution is 5.83. The summed E-state index contributed by atoms with van der Waals surface area (Å²) in [7, 11) is 3.20. The number of methoxy groups -OCH3 is 1. The van der Waals surface area contributed by atoms with Gasteiger partial charge in [0, 0.05) is 26.6 Å². The van der Waals surface area contributed by atoms with Gasteiger partial charge in [-0.2, -0.15) is 0 Å². The zero-order valence-electron chi connectivity index (χ0n) is 12.0. The van der Waals surface area contributed by atoms with Crippen LogP contribution in [0.15, 0.2) is 0 Å². The summed E-state index contributed by atoms with van der Waals surface area (Å²) in [5.41, 5.74) is 0. The van der Waals surface area contributed by atoms with Gasteiger partial charge in [0.2, 0.25) is 5.91 Å². The smallest absolute Gasteiger partial charge is 0.329 e. The molecule has 1 amide bonds. The minimum absolute atomic E-state index is 0.242. The van der Waals surface area contributed by atoms with Gasteiger partial charge in [-0.3, -0.25) is 4.79 Å². The number of ether oxygens (including phenoxy) is 2. The Balaban J connectivity index is 2.21. The van der Waals surface area contributed by atoms with E-state index in [1.165, 1.54) is 26.9 Å². The SMILES string of the molecule is COC(=O)C(CN(C)CCOCC1CC1)NC(C)=O. The van der Waals surface area contributed by atoms with Crippen LogP contribution in [0.25, 0.3) is 0 Å². The van der Waals surface area contributed by atoms with Gasteiger partial charge in [-0.05, 0) is 25.8 Å². The van der Waals surface area contributed by atoms with E-state index in [-0.39, 0.29) is 5.91 Å². The van der Waals surface area contributed by atoms with Crippen LogP contribution in [0.2, 0.25) is 0 Å². The Labute approximate surface area is 114 Å². The molecule has 1 saturated carbocycles. The lowest BCUT2D eigenvalue weighted by molar-refractivity contribution is -0.145. The molecular formula is C13H24N2O4. The molecule has 1 atom stereocenters. The number of nitrogens with one attached hydrogen (secondary N) is 1. The molecule has 1 unspecified atom stereocenters. The van der Waals surface area contributed by atoms with Crippen molar-refractivity contribution < 1.29 is 19.1 Å². The minimum Gasteiger partial charge on any atom is -0.467 e. The molecule has 6 nitrogen and oxygen atoms in total. The molecule has 0 bridgehead atoms. The minimum atomic E-state index is -0.629. The number of amides is 1. The third-order valence-corrected chi connectivity index (χ3v) is 3.03. The fourth-order valence-electron chi connectivity index (χ4n) is 1.72. The van der Waals surface area contributed by atoms with E-state index in [1.807, 2.05) is 11.9 Å². The summed E-state index contributed by atoms with van der Waals surface area (Å²) in [6, 6.07) is -0.629. The average molecular weight is 272 g/mol. The van der Waals surface area contributed by atoms with Crippen LogP contribution in [0.5, 0.6) is 0 Å². The first-order valence-electron chi connectivity index (χ1n) is 6.64. The van der Waals surface area contributed by atoms with E-state index in [1.54, 1.807) is 0 Å². The number of rotatable bonds is 9.